The molecule has 0 aliphatic rings. The number of sulfone groups is 1. The Balaban J connectivity index is 1.78. The van der Waals surface area contributed by atoms with E-state index >= 15 is 0 Å². The van der Waals surface area contributed by atoms with E-state index in [-0.39, 0.29) is 22.5 Å². The molecule has 10 heteroatoms. The molecule has 4 rings (SSSR count). The van der Waals surface area contributed by atoms with E-state index in [1.165, 1.54) is 42.1 Å². The third-order valence-corrected chi connectivity index (χ3v) is 7.18. The normalized spacial score (nSPS) is 11.4. The van der Waals surface area contributed by atoms with Gasteiger partial charge in [-0.3, -0.25) is 9.59 Å². The van der Waals surface area contributed by atoms with Gasteiger partial charge in [0.1, 0.15) is 22.8 Å². The van der Waals surface area contributed by atoms with Crippen molar-refractivity contribution in [3.05, 3.63) is 87.8 Å². The van der Waals surface area contributed by atoms with Gasteiger partial charge in [-0.25, -0.2) is 13.4 Å². The number of pyridine rings is 2. The molecule has 1 N–H and O–H groups in total. The Kier molecular flexibility index (Phi) is 6.41. The van der Waals surface area contributed by atoms with Crippen molar-refractivity contribution < 1.29 is 17.9 Å². The van der Waals surface area contributed by atoms with E-state index in [1.807, 2.05) is 0 Å². The Hall–Kier alpha value is -3.69. The van der Waals surface area contributed by atoms with Crippen LogP contribution in [0.3, 0.4) is 0 Å². The summed E-state index contributed by atoms with van der Waals surface area (Å²) in [5.74, 6) is -0.000877. The lowest BCUT2D eigenvalue weighted by molar-refractivity contribution is -0.116. The van der Waals surface area contributed by atoms with Gasteiger partial charge >= 0.3 is 0 Å². The number of methoxy groups -OCH3 is 1. The van der Waals surface area contributed by atoms with E-state index in [1.54, 1.807) is 43.3 Å². The minimum Gasteiger partial charge on any atom is -0.495 e. The number of amides is 1. The fraction of sp³-hybridized carbons (Fsp3) is 0.125. The van der Waals surface area contributed by atoms with Crippen LogP contribution in [0.5, 0.6) is 5.75 Å². The number of benzene rings is 2. The molecule has 0 bridgehead atoms. The summed E-state index contributed by atoms with van der Waals surface area (Å²) in [5, 5.41) is 3.13. The quantitative estimate of drug-likeness (QED) is 0.433. The van der Waals surface area contributed by atoms with Crippen molar-refractivity contribution in [1.29, 1.82) is 0 Å². The largest absolute Gasteiger partial charge is 0.495 e. The van der Waals surface area contributed by atoms with E-state index in [4.69, 9.17) is 16.3 Å². The maximum atomic E-state index is 13.2. The van der Waals surface area contributed by atoms with Gasteiger partial charge in [-0.1, -0.05) is 29.8 Å². The number of carbonyl (C=O) groups is 1. The van der Waals surface area contributed by atoms with Gasteiger partial charge < -0.3 is 14.6 Å². The Bertz CT molecular complexity index is 1570. The van der Waals surface area contributed by atoms with Crippen LogP contribution in [0.1, 0.15) is 5.69 Å². The van der Waals surface area contributed by atoms with Crippen molar-refractivity contribution in [3.8, 4) is 5.75 Å². The van der Waals surface area contributed by atoms with Crippen molar-refractivity contribution in [1.82, 2.24) is 9.55 Å². The minimum absolute atomic E-state index is 0.0182. The first-order chi connectivity index (χ1) is 16.2. The summed E-state index contributed by atoms with van der Waals surface area (Å²) in [6, 6.07) is 15.6. The van der Waals surface area contributed by atoms with Gasteiger partial charge in [-0.15, -0.1) is 0 Å². The summed E-state index contributed by atoms with van der Waals surface area (Å²) in [6.45, 7) is 1.45. The monoisotopic (exact) mass is 497 g/mol. The number of fused-ring (bicyclic) bond motifs is 1. The number of aromatic nitrogens is 2. The van der Waals surface area contributed by atoms with Crippen LogP contribution >= 0.6 is 11.6 Å². The molecule has 8 nitrogen and oxygen atoms in total. The highest BCUT2D eigenvalue weighted by molar-refractivity contribution is 7.91. The molecular formula is C24H20ClN3O5S. The lowest BCUT2D eigenvalue weighted by atomic mass is 10.2. The average Bonchev–Trinajstić information content (AvgIpc) is 2.81. The lowest BCUT2D eigenvalue weighted by Gasteiger charge is -2.14. The average molecular weight is 498 g/mol. The zero-order valence-corrected chi connectivity index (χ0v) is 19.9. The standard InChI is InChI=1S/C24H20ClN3O5S/c1-15-8-10-18-23(30)21(34(31,32)17-6-4-3-5-7-17)13-28(24(18)26-15)14-22(29)27-16-9-11-20(33-2)19(25)12-16/h3-13H,14H2,1-2H3,(H,27,29). The van der Waals surface area contributed by atoms with Crippen LogP contribution in [-0.2, 0) is 21.2 Å². The third kappa shape index (κ3) is 4.52. The molecule has 0 spiro atoms. The Morgan fingerprint density at radius 3 is 2.53 bits per heavy atom. The molecule has 174 valence electrons. The van der Waals surface area contributed by atoms with E-state index in [0.717, 1.165) is 0 Å². The summed E-state index contributed by atoms with van der Waals surface area (Å²) in [4.78, 5) is 29.9. The molecule has 2 aromatic carbocycles. The van der Waals surface area contributed by atoms with Gasteiger partial charge in [0.2, 0.25) is 21.2 Å². The Morgan fingerprint density at radius 1 is 1.12 bits per heavy atom. The first-order valence-corrected chi connectivity index (χ1v) is 12.0. The fourth-order valence-electron chi connectivity index (χ4n) is 3.47. The number of carbonyl (C=O) groups excluding carboxylic acids is 1. The van der Waals surface area contributed by atoms with Gasteiger partial charge in [0, 0.05) is 17.6 Å². The van der Waals surface area contributed by atoms with Crippen molar-refractivity contribution in [2.75, 3.05) is 12.4 Å². The molecular weight excluding hydrogens is 478 g/mol. The van der Waals surface area contributed by atoms with Crippen LogP contribution in [0.15, 0.2) is 81.4 Å². The van der Waals surface area contributed by atoms with E-state index in [2.05, 4.69) is 10.3 Å². The molecule has 0 saturated heterocycles. The molecule has 0 atom stereocenters. The second-order valence-electron chi connectivity index (χ2n) is 7.49. The number of nitrogens with zero attached hydrogens (tertiary/aromatic N) is 2. The summed E-state index contributed by atoms with van der Waals surface area (Å²) in [6.07, 6.45) is 1.17. The SMILES string of the molecule is COc1ccc(NC(=O)Cn2cc(S(=O)(=O)c3ccccc3)c(=O)c3ccc(C)nc32)cc1Cl. The number of anilines is 1. The molecule has 0 aliphatic heterocycles. The fourth-order valence-corrected chi connectivity index (χ4v) is 5.12. The van der Waals surface area contributed by atoms with Gasteiger partial charge in [0.25, 0.3) is 0 Å². The number of ether oxygens (including phenoxy) is 1. The highest BCUT2D eigenvalue weighted by atomic mass is 35.5. The number of halogens is 1. The maximum Gasteiger partial charge on any atom is 0.244 e. The topological polar surface area (TPSA) is 107 Å². The summed E-state index contributed by atoms with van der Waals surface area (Å²) in [5.41, 5.74) is 0.578. The first kappa shape index (κ1) is 23.5. The van der Waals surface area contributed by atoms with Crippen molar-refractivity contribution >= 4 is 44.1 Å². The predicted octanol–water partition coefficient (Wildman–Crippen LogP) is 3.84. The number of rotatable bonds is 6. The summed E-state index contributed by atoms with van der Waals surface area (Å²) < 4.78 is 32.9. The van der Waals surface area contributed by atoms with Gasteiger partial charge in [-0.2, -0.15) is 0 Å². The minimum atomic E-state index is -4.13. The molecule has 0 fully saturated rings. The molecule has 0 saturated carbocycles. The summed E-state index contributed by atoms with van der Waals surface area (Å²) in [7, 11) is -2.64. The number of hydrogen-bond donors (Lipinski definition) is 1. The number of nitrogens with one attached hydrogen (secondary N) is 1. The maximum absolute atomic E-state index is 13.2. The zero-order chi connectivity index (χ0) is 24.5. The molecule has 0 aliphatic carbocycles. The van der Waals surface area contributed by atoms with Crippen molar-refractivity contribution in [3.63, 3.8) is 0 Å². The molecule has 1 amide bonds. The highest BCUT2D eigenvalue weighted by Crippen LogP contribution is 2.27. The predicted molar refractivity (Wildman–Crippen MR) is 129 cm³/mol. The van der Waals surface area contributed by atoms with Crippen LogP contribution < -0.4 is 15.5 Å². The second-order valence-corrected chi connectivity index (χ2v) is 9.81. The van der Waals surface area contributed by atoms with Crippen molar-refractivity contribution in [2.45, 2.75) is 23.3 Å². The molecule has 0 unspecified atom stereocenters. The van der Waals surface area contributed by atoms with E-state index in [0.29, 0.717) is 22.2 Å². The molecule has 2 aromatic heterocycles. The smallest absolute Gasteiger partial charge is 0.244 e. The lowest BCUT2D eigenvalue weighted by Crippen LogP contribution is -2.24. The van der Waals surface area contributed by atoms with E-state index < -0.39 is 26.1 Å². The second kappa shape index (κ2) is 9.28. The molecule has 4 aromatic rings. The molecule has 34 heavy (non-hydrogen) atoms. The van der Waals surface area contributed by atoms with Crippen LogP contribution in [0.25, 0.3) is 11.0 Å². The number of aryl methyl sites for hydroxylation is 1. The summed E-state index contributed by atoms with van der Waals surface area (Å²) >= 11 is 6.12. The van der Waals surface area contributed by atoms with Gasteiger partial charge in [0.05, 0.1) is 22.4 Å². The highest BCUT2D eigenvalue weighted by Gasteiger charge is 2.24. The van der Waals surface area contributed by atoms with E-state index in [9.17, 15) is 18.0 Å². The number of hydrogen-bond acceptors (Lipinski definition) is 6. The Morgan fingerprint density at radius 2 is 1.85 bits per heavy atom. The van der Waals surface area contributed by atoms with Crippen LogP contribution in [0.4, 0.5) is 5.69 Å². The van der Waals surface area contributed by atoms with Gasteiger partial charge in [0.15, 0.2) is 0 Å². The zero-order valence-electron chi connectivity index (χ0n) is 18.3. The van der Waals surface area contributed by atoms with Crippen LogP contribution in [0.2, 0.25) is 5.02 Å². The Labute approximate surface area is 200 Å². The van der Waals surface area contributed by atoms with Crippen molar-refractivity contribution in [2.24, 2.45) is 0 Å². The molecule has 2 heterocycles. The third-order valence-electron chi connectivity index (χ3n) is 5.12. The van der Waals surface area contributed by atoms with Crippen LogP contribution in [0, 0.1) is 6.92 Å². The van der Waals surface area contributed by atoms with Crippen LogP contribution in [-0.4, -0.2) is 31.0 Å². The molecule has 0 radical (unpaired) electrons. The first-order valence-electron chi connectivity index (χ1n) is 10.1. The van der Waals surface area contributed by atoms with Gasteiger partial charge in [-0.05, 0) is 49.4 Å².